The third-order valence-corrected chi connectivity index (χ3v) is 10.1. The van der Waals surface area contributed by atoms with Gasteiger partial charge in [0, 0.05) is 43.6 Å². The lowest BCUT2D eigenvalue weighted by molar-refractivity contribution is 0.631. The molecule has 3 aromatic heterocycles. The van der Waals surface area contributed by atoms with Gasteiger partial charge in [-0.3, -0.25) is 0 Å². The third kappa shape index (κ3) is 3.78. The summed E-state index contributed by atoms with van der Waals surface area (Å²) in [6.45, 7) is 0. The average Bonchev–Trinajstić information content (AvgIpc) is 3.86. The van der Waals surface area contributed by atoms with Crippen molar-refractivity contribution >= 4 is 76.4 Å². The number of rotatable bonds is 3. The molecular weight excluding hydrogens is 601 g/mol. The van der Waals surface area contributed by atoms with Crippen LogP contribution in [0.25, 0.3) is 110 Å². The summed E-state index contributed by atoms with van der Waals surface area (Å²) in [6.07, 6.45) is 0. The summed E-state index contributed by atoms with van der Waals surface area (Å²) in [5, 5.41) is 10.1. The van der Waals surface area contributed by atoms with E-state index >= 15 is 0 Å². The van der Waals surface area contributed by atoms with Crippen molar-refractivity contribution < 1.29 is 13.3 Å². The Labute approximate surface area is 280 Å². The van der Waals surface area contributed by atoms with Crippen LogP contribution in [0.4, 0.5) is 0 Å². The van der Waals surface area contributed by atoms with Gasteiger partial charge in [-0.1, -0.05) is 127 Å². The standard InChI is InChI=1S/C46H26O3/c1-2-12-27(13-3-1)40-24-28-25-42-37(26-41(28)48-40)33-19-10-21-36(46(33)49-42)44-31-16-6-4-14-29(31)43(30-15-5-7-17-32(30)44)35-20-11-23-39-45(35)34-18-8-9-22-38(34)47-39/h1-26H. The van der Waals surface area contributed by atoms with Crippen molar-refractivity contribution in [2.75, 3.05) is 0 Å². The molecule has 8 aromatic carbocycles. The van der Waals surface area contributed by atoms with Crippen LogP contribution in [0, 0.1) is 0 Å². The Morgan fingerprint density at radius 3 is 1.67 bits per heavy atom. The number of hydrogen-bond donors (Lipinski definition) is 0. The first-order valence-electron chi connectivity index (χ1n) is 16.6. The molecule has 228 valence electrons. The van der Waals surface area contributed by atoms with E-state index in [1.165, 1.54) is 38.2 Å². The van der Waals surface area contributed by atoms with Gasteiger partial charge < -0.3 is 13.3 Å². The molecule has 0 radical (unpaired) electrons. The average molecular weight is 627 g/mol. The van der Waals surface area contributed by atoms with E-state index in [0.717, 1.165) is 71.7 Å². The number of furan rings is 3. The first-order valence-corrected chi connectivity index (χ1v) is 16.6. The van der Waals surface area contributed by atoms with E-state index in [2.05, 4.69) is 127 Å². The largest absolute Gasteiger partial charge is 0.456 e. The Bertz CT molecular complexity index is 3040. The summed E-state index contributed by atoms with van der Waals surface area (Å²) in [5.74, 6) is 0.852. The molecule has 0 aliphatic rings. The molecule has 0 fully saturated rings. The van der Waals surface area contributed by atoms with Crippen molar-refractivity contribution in [2.24, 2.45) is 0 Å². The fraction of sp³-hybridized carbons (Fsp3) is 0. The minimum Gasteiger partial charge on any atom is -0.456 e. The smallest absolute Gasteiger partial charge is 0.143 e. The summed E-state index contributed by atoms with van der Waals surface area (Å²) < 4.78 is 19.5. The molecule has 0 unspecified atom stereocenters. The topological polar surface area (TPSA) is 39.4 Å². The van der Waals surface area contributed by atoms with E-state index in [-0.39, 0.29) is 0 Å². The Hall–Kier alpha value is -6.58. The van der Waals surface area contributed by atoms with Gasteiger partial charge in [0.2, 0.25) is 0 Å². The van der Waals surface area contributed by atoms with Crippen LogP contribution < -0.4 is 0 Å². The van der Waals surface area contributed by atoms with Crippen LogP contribution in [-0.2, 0) is 0 Å². The zero-order valence-electron chi connectivity index (χ0n) is 26.2. The summed E-state index contributed by atoms with van der Waals surface area (Å²) in [7, 11) is 0. The zero-order chi connectivity index (χ0) is 32.1. The maximum Gasteiger partial charge on any atom is 0.143 e. The number of fused-ring (bicyclic) bond motifs is 9. The van der Waals surface area contributed by atoms with E-state index in [9.17, 15) is 0 Å². The van der Waals surface area contributed by atoms with E-state index < -0.39 is 0 Å². The predicted molar refractivity (Wildman–Crippen MR) is 202 cm³/mol. The second-order valence-electron chi connectivity index (χ2n) is 12.8. The van der Waals surface area contributed by atoms with Crippen molar-refractivity contribution in [1.29, 1.82) is 0 Å². The van der Waals surface area contributed by atoms with Crippen molar-refractivity contribution in [3.05, 3.63) is 158 Å². The van der Waals surface area contributed by atoms with Crippen LogP contribution >= 0.6 is 0 Å². The summed E-state index contributed by atoms with van der Waals surface area (Å²) in [6, 6.07) is 55.3. The van der Waals surface area contributed by atoms with Crippen LogP contribution in [-0.4, -0.2) is 0 Å². The molecule has 3 nitrogen and oxygen atoms in total. The molecule has 49 heavy (non-hydrogen) atoms. The van der Waals surface area contributed by atoms with Crippen LogP contribution in [0.1, 0.15) is 0 Å². The fourth-order valence-corrected chi connectivity index (χ4v) is 7.96. The number of benzene rings is 8. The maximum absolute atomic E-state index is 6.82. The second-order valence-corrected chi connectivity index (χ2v) is 12.8. The summed E-state index contributed by atoms with van der Waals surface area (Å²) in [5.41, 5.74) is 10.0. The van der Waals surface area contributed by atoms with Gasteiger partial charge in [0.1, 0.15) is 33.7 Å². The molecule has 0 bridgehead atoms. The van der Waals surface area contributed by atoms with Crippen molar-refractivity contribution in [1.82, 2.24) is 0 Å². The van der Waals surface area contributed by atoms with E-state index in [1.54, 1.807) is 0 Å². The molecule has 0 amide bonds. The van der Waals surface area contributed by atoms with Crippen molar-refractivity contribution in [3.63, 3.8) is 0 Å². The zero-order valence-corrected chi connectivity index (χ0v) is 26.2. The van der Waals surface area contributed by atoms with Crippen molar-refractivity contribution in [2.45, 2.75) is 0 Å². The Kier molecular flexibility index (Phi) is 5.38. The Morgan fingerprint density at radius 1 is 0.327 bits per heavy atom. The molecule has 0 aliphatic heterocycles. The highest BCUT2D eigenvalue weighted by Gasteiger charge is 2.22. The Balaban J connectivity index is 1.20. The molecule has 0 aliphatic carbocycles. The quantitative estimate of drug-likeness (QED) is 0.183. The van der Waals surface area contributed by atoms with Gasteiger partial charge in [-0.2, -0.15) is 0 Å². The van der Waals surface area contributed by atoms with E-state index in [4.69, 9.17) is 13.3 Å². The molecular formula is C46H26O3. The highest BCUT2D eigenvalue weighted by molar-refractivity contribution is 6.27. The lowest BCUT2D eigenvalue weighted by atomic mass is 9.84. The second kappa shape index (κ2) is 9.96. The summed E-state index contributed by atoms with van der Waals surface area (Å²) >= 11 is 0. The first kappa shape index (κ1) is 26.5. The molecule has 11 rings (SSSR count). The SMILES string of the molecule is c1ccc(-c2cc3cc4oc5c(-c6c7ccccc7c(-c7cccc8oc9ccccc9c78)c7ccccc67)cccc5c4cc3o2)cc1. The molecule has 0 saturated carbocycles. The van der Waals surface area contributed by atoms with Crippen LogP contribution in [0.2, 0.25) is 0 Å². The maximum atomic E-state index is 6.82. The van der Waals surface area contributed by atoms with Crippen LogP contribution in [0.15, 0.2) is 171 Å². The molecule has 11 aromatic rings. The van der Waals surface area contributed by atoms with Crippen molar-refractivity contribution in [3.8, 4) is 33.6 Å². The Morgan fingerprint density at radius 2 is 0.918 bits per heavy atom. The molecule has 0 saturated heterocycles. The van der Waals surface area contributed by atoms with Gasteiger partial charge in [-0.05, 0) is 63.0 Å². The third-order valence-electron chi connectivity index (χ3n) is 10.1. The van der Waals surface area contributed by atoms with Gasteiger partial charge in [0.05, 0.1) is 0 Å². The lowest BCUT2D eigenvalue weighted by Crippen LogP contribution is -1.91. The summed E-state index contributed by atoms with van der Waals surface area (Å²) in [4.78, 5) is 0. The highest BCUT2D eigenvalue weighted by Crippen LogP contribution is 2.49. The molecule has 0 atom stereocenters. The van der Waals surface area contributed by atoms with E-state index in [1.807, 2.05) is 30.3 Å². The van der Waals surface area contributed by atoms with E-state index in [0.29, 0.717) is 0 Å². The molecule has 3 heterocycles. The fourth-order valence-electron chi connectivity index (χ4n) is 7.96. The van der Waals surface area contributed by atoms with Gasteiger partial charge in [-0.15, -0.1) is 0 Å². The normalized spacial score (nSPS) is 12.1. The minimum absolute atomic E-state index is 0.846. The minimum atomic E-state index is 0.846. The first-order chi connectivity index (χ1) is 24.3. The van der Waals surface area contributed by atoms with Gasteiger partial charge in [0.15, 0.2) is 0 Å². The highest BCUT2D eigenvalue weighted by atomic mass is 16.3. The number of para-hydroxylation sites is 2. The van der Waals surface area contributed by atoms with Crippen LogP contribution in [0.3, 0.4) is 0 Å². The lowest BCUT2D eigenvalue weighted by Gasteiger charge is -2.18. The van der Waals surface area contributed by atoms with Gasteiger partial charge >= 0.3 is 0 Å². The predicted octanol–water partition coefficient (Wildman–Crippen LogP) is 13.5. The molecule has 3 heteroatoms. The monoisotopic (exact) mass is 626 g/mol. The van der Waals surface area contributed by atoms with Gasteiger partial charge in [0.25, 0.3) is 0 Å². The molecule has 0 N–H and O–H groups in total. The van der Waals surface area contributed by atoms with Gasteiger partial charge in [-0.25, -0.2) is 0 Å². The van der Waals surface area contributed by atoms with Crippen LogP contribution in [0.5, 0.6) is 0 Å². The number of hydrogen-bond acceptors (Lipinski definition) is 3. The molecule has 0 spiro atoms.